The zero-order valence-electron chi connectivity index (χ0n) is 8.98. The van der Waals surface area contributed by atoms with Crippen LogP contribution in [0.25, 0.3) is 11.0 Å². The molecule has 2 aromatic rings. The van der Waals surface area contributed by atoms with E-state index in [-0.39, 0.29) is 11.8 Å². The Morgan fingerprint density at radius 3 is 3.00 bits per heavy atom. The number of hydrogen-bond acceptors (Lipinski definition) is 3. The Bertz CT molecular complexity index is 565. The molecule has 0 spiro atoms. The van der Waals surface area contributed by atoms with Crippen molar-refractivity contribution in [2.45, 2.75) is 6.54 Å². The van der Waals surface area contributed by atoms with Gasteiger partial charge < -0.3 is 21.4 Å². The first-order chi connectivity index (χ1) is 8.08. The van der Waals surface area contributed by atoms with Gasteiger partial charge in [-0.25, -0.2) is 14.2 Å². The summed E-state index contributed by atoms with van der Waals surface area (Å²) in [5, 5.41) is 2.45. The van der Waals surface area contributed by atoms with Crippen LogP contribution >= 0.6 is 0 Å². The Balaban J connectivity index is 2.27. The Morgan fingerprint density at radius 1 is 1.53 bits per heavy atom. The van der Waals surface area contributed by atoms with Crippen LogP contribution in [0, 0.1) is 5.82 Å². The molecule has 1 heterocycles. The lowest BCUT2D eigenvalue weighted by Gasteiger charge is -2.06. The Kier molecular flexibility index (Phi) is 2.82. The molecule has 90 valence electrons. The summed E-state index contributed by atoms with van der Waals surface area (Å²) >= 11 is 0. The van der Waals surface area contributed by atoms with Crippen LogP contribution < -0.4 is 16.8 Å². The molecule has 1 aromatic heterocycles. The second-order valence-electron chi connectivity index (χ2n) is 3.55. The molecule has 0 fully saturated rings. The molecular formula is C10H12FN5O. The van der Waals surface area contributed by atoms with Gasteiger partial charge in [-0.2, -0.15) is 0 Å². The molecule has 17 heavy (non-hydrogen) atoms. The summed E-state index contributed by atoms with van der Waals surface area (Å²) in [6.45, 7) is 0.763. The van der Waals surface area contributed by atoms with Crippen LogP contribution in [-0.2, 0) is 6.54 Å². The highest BCUT2D eigenvalue weighted by Crippen LogP contribution is 2.18. The monoisotopic (exact) mass is 237 g/mol. The molecule has 1 aromatic carbocycles. The zero-order valence-corrected chi connectivity index (χ0v) is 8.98. The summed E-state index contributed by atoms with van der Waals surface area (Å²) in [6.07, 6.45) is 0. The maximum Gasteiger partial charge on any atom is 0.312 e. The number of nitrogens with zero attached hydrogens (tertiary/aromatic N) is 2. The number of nitrogens with two attached hydrogens (primary N) is 2. The maximum absolute atomic E-state index is 13.0. The third-order valence-corrected chi connectivity index (χ3v) is 2.37. The number of primary amides is 1. The fourth-order valence-electron chi connectivity index (χ4n) is 1.65. The van der Waals surface area contributed by atoms with E-state index in [1.54, 1.807) is 10.6 Å². The van der Waals surface area contributed by atoms with Crippen molar-refractivity contribution in [3.8, 4) is 0 Å². The molecule has 5 N–H and O–H groups in total. The number of fused-ring (bicyclic) bond motifs is 1. The molecule has 0 aliphatic carbocycles. The summed E-state index contributed by atoms with van der Waals surface area (Å²) < 4.78 is 14.7. The first kappa shape index (κ1) is 11.2. The first-order valence-electron chi connectivity index (χ1n) is 5.02. The van der Waals surface area contributed by atoms with Crippen molar-refractivity contribution in [3.63, 3.8) is 0 Å². The number of hydrogen-bond donors (Lipinski definition) is 3. The molecule has 0 radical (unpaired) electrons. The van der Waals surface area contributed by atoms with Crippen LogP contribution in [-0.4, -0.2) is 22.1 Å². The minimum Gasteiger partial charge on any atom is -0.369 e. The van der Waals surface area contributed by atoms with Gasteiger partial charge in [-0.15, -0.1) is 0 Å². The normalized spacial score (nSPS) is 10.6. The van der Waals surface area contributed by atoms with Crippen LogP contribution in [0.15, 0.2) is 18.2 Å². The highest BCUT2D eigenvalue weighted by molar-refractivity contribution is 5.78. The number of anilines is 1. The van der Waals surface area contributed by atoms with Crippen LogP contribution in [0.1, 0.15) is 0 Å². The van der Waals surface area contributed by atoms with Gasteiger partial charge in [0.2, 0.25) is 5.95 Å². The van der Waals surface area contributed by atoms with Crippen molar-refractivity contribution in [1.29, 1.82) is 0 Å². The highest BCUT2D eigenvalue weighted by Gasteiger charge is 2.08. The maximum atomic E-state index is 13.0. The number of nitrogen functional groups attached to an aromatic ring is 1. The fourth-order valence-corrected chi connectivity index (χ4v) is 1.65. The molecular weight excluding hydrogens is 225 g/mol. The van der Waals surface area contributed by atoms with E-state index in [1.807, 2.05) is 0 Å². The minimum atomic E-state index is -0.598. The molecule has 0 aliphatic heterocycles. The fraction of sp³-hybridized carbons (Fsp3) is 0.200. The van der Waals surface area contributed by atoms with Crippen LogP contribution in [0.5, 0.6) is 0 Å². The Labute approximate surface area is 96.4 Å². The van der Waals surface area contributed by atoms with Crippen LogP contribution in [0.2, 0.25) is 0 Å². The summed E-state index contributed by atoms with van der Waals surface area (Å²) in [4.78, 5) is 14.6. The van der Waals surface area contributed by atoms with E-state index in [4.69, 9.17) is 11.5 Å². The van der Waals surface area contributed by atoms with E-state index in [0.29, 0.717) is 18.6 Å². The van der Waals surface area contributed by atoms with E-state index in [1.165, 1.54) is 12.1 Å². The summed E-state index contributed by atoms with van der Waals surface area (Å²) in [6, 6.07) is 3.64. The van der Waals surface area contributed by atoms with Crippen LogP contribution in [0.4, 0.5) is 15.1 Å². The van der Waals surface area contributed by atoms with Gasteiger partial charge in [-0.05, 0) is 12.1 Å². The average molecular weight is 237 g/mol. The number of carbonyl (C=O) groups excluding carboxylic acids is 1. The molecule has 2 amide bonds. The number of imidazole rings is 1. The smallest absolute Gasteiger partial charge is 0.312 e. The van der Waals surface area contributed by atoms with Gasteiger partial charge in [-0.1, -0.05) is 0 Å². The summed E-state index contributed by atoms with van der Waals surface area (Å²) in [5.41, 5.74) is 11.9. The lowest BCUT2D eigenvalue weighted by molar-refractivity contribution is 0.248. The first-order valence-corrected chi connectivity index (χ1v) is 5.02. The number of amides is 2. The zero-order chi connectivity index (χ0) is 12.4. The van der Waals surface area contributed by atoms with E-state index in [9.17, 15) is 9.18 Å². The van der Waals surface area contributed by atoms with Crippen molar-refractivity contribution in [2.24, 2.45) is 5.73 Å². The largest absolute Gasteiger partial charge is 0.369 e. The standard InChI is InChI=1S/C10H12FN5O/c11-6-1-2-8-7(5-6)15-9(12)16(8)4-3-14-10(13)17/h1-2,5H,3-4H2,(H2,12,15)(H3,13,14,17). The molecule has 0 saturated heterocycles. The van der Waals surface area contributed by atoms with Gasteiger partial charge in [0.15, 0.2) is 0 Å². The highest BCUT2D eigenvalue weighted by atomic mass is 19.1. The van der Waals surface area contributed by atoms with Crippen LogP contribution in [0.3, 0.4) is 0 Å². The van der Waals surface area contributed by atoms with Crippen molar-refractivity contribution in [3.05, 3.63) is 24.0 Å². The third-order valence-electron chi connectivity index (χ3n) is 2.37. The number of benzene rings is 1. The topological polar surface area (TPSA) is 99.0 Å². The number of rotatable bonds is 3. The van der Waals surface area contributed by atoms with E-state index in [2.05, 4.69) is 10.3 Å². The second-order valence-corrected chi connectivity index (χ2v) is 3.55. The number of aromatic nitrogens is 2. The minimum absolute atomic E-state index is 0.275. The van der Waals surface area contributed by atoms with Crippen molar-refractivity contribution in [1.82, 2.24) is 14.9 Å². The predicted octanol–water partition coefficient (Wildman–Crippen LogP) is 0.426. The third kappa shape index (κ3) is 2.27. The van der Waals surface area contributed by atoms with E-state index >= 15 is 0 Å². The van der Waals surface area contributed by atoms with Crippen molar-refractivity contribution in [2.75, 3.05) is 12.3 Å². The summed E-state index contributed by atoms with van der Waals surface area (Å²) in [7, 11) is 0. The molecule has 0 bridgehead atoms. The average Bonchev–Trinajstić information content (AvgIpc) is 2.54. The molecule has 2 rings (SSSR count). The van der Waals surface area contributed by atoms with Gasteiger partial charge in [0.1, 0.15) is 5.82 Å². The summed E-state index contributed by atoms with van der Waals surface area (Å²) in [5.74, 6) is -0.0886. The van der Waals surface area contributed by atoms with Crippen molar-refractivity contribution < 1.29 is 9.18 Å². The number of carbonyl (C=O) groups is 1. The molecule has 0 unspecified atom stereocenters. The Hall–Kier alpha value is -2.31. The SMILES string of the molecule is NC(=O)NCCn1c(N)nc2cc(F)ccc21. The van der Waals surface area contributed by atoms with Gasteiger partial charge >= 0.3 is 6.03 Å². The lowest BCUT2D eigenvalue weighted by atomic mass is 10.3. The molecule has 7 heteroatoms. The molecule has 0 saturated carbocycles. The second kappa shape index (κ2) is 4.28. The van der Waals surface area contributed by atoms with Gasteiger partial charge in [0, 0.05) is 19.2 Å². The van der Waals surface area contributed by atoms with Gasteiger partial charge in [-0.3, -0.25) is 0 Å². The van der Waals surface area contributed by atoms with Gasteiger partial charge in [0.25, 0.3) is 0 Å². The van der Waals surface area contributed by atoms with Crippen molar-refractivity contribution >= 4 is 23.0 Å². The van der Waals surface area contributed by atoms with E-state index in [0.717, 1.165) is 5.52 Å². The quantitative estimate of drug-likeness (QED) is 0.721. The predicted molar refractivity (Wildman–Crippen MR) is 61.7 cm³/mol. The molecule has 0 atom stereocenters. The number of halogens is 1. The lowest BCUT2D eigenvalue weighted by Crippen LogP contribution is -2.32. The molecule has 6 nitrogen and oxygen atoms in total. The van der Waals surface area contributed by atoms with Gasteiger partial charge in [0.05, 0.1) is 11.0 Å². The molecule has 0 aliphatic rings. The van der Waals surface area contributed by atoms with E-state index < -0.39 is 6.03 Å². The Morgan fingerprint density at radius 2 is 2.29 bits per heavy atom. The number of urea groups is 1. The number of nitrogens with one attached hydrogen (secondary N) is 1.